The lowest BCUT2D eigenvalue weighted by molar-refractivity contribution is 0.184. The van der Waals surface area contributed by atoms with Gasteiger partial charge in [-0.3, -0.25) is 4.90 Å². The Morgan fingerprint density at radius 1 is 1.12 bits per heavy atom. The molecule has 17 heavy (non-hydrogen) atoms. The highest BCUT2D eigenvalue weighted by Crippen LogP contribution is 2.11. The molecule has 102 valence electrons. The number of alkyl halides is 1. The van der Waals surface area contributed by atoms with E-state index in [2.05, 4.69) is 23.6 Å². The van der Waals surface area contributed by atoms with E-state index >= 15 is 0 Å². The van der Waals surface area contributed by atoms with Crippen LogP contribution in [0.15, 0.2) is 0 Å². The Hall–Kier alpha value is 0.210. The standard InChI is InChI=1S/C14H29ClN2/c1-3-14(4-2)17(13-8-15)12-7-11-16-9-5-6-10-16/h14H,3-13H2,1-2H3. The van der Waals surface area contributed by atoms with E-state index in [-0.39, 0.29) is 0 Å². The topological polar surface area (TPSA) is 6.48 Å². The van der Waals surface area contributed by atoms with Crippen LogP contribution in [0, 0.1) is 0 Å². The maximum Gasteiger partial charge on any atom is 0.0351 e. The number of hydrogen-bond donors (Lipinski definition) is 0. The van der Waals surface area contributed by atoms with Crippen LogP contribution in [0.25, 0.3) is 0 Å². The summed E-state index contributed by atoms with van der Waals surface area (Å²) in [7, 11) is 0. The average molecular weight is 261 g/mol. The van der Waals surface area contributed by atoms with Crippen LogP contribution in [0.3, 0.4) is 0 Å². The van der Waals surface area contributed by atoms with Crippen LogP contribution in [0.5, 0.6) is 0 Å². The van der Waals surface area contributed by atoms with Crippen molar-refractivity contribution in [3.8, 4) is 0 Å². The van der Waals surface area contributed by atoms with Crippen molar-refractivity contribution in [2.45, 2.75) is 52.0 Å². The molecular weight excluding hydrogens is 232 g/mol. The molecule has 0 radical (unpaired) electrons. The normalized spacial score (nSPS) is 17.5. The first-order valence-electron chi connectivity index (χ1n) is 7.34. The van der Waals surface area contributed by atoms with E-state index in [0.29, 0.717) is 0 Å². The summed E-state index contributed by atoms with van der Waals surface area (Å²) >= 11 is 5.91. The highest BCUT2D eigenvalue weighted by atomic mass is 35.5. The summed E-state index contributed by atoms with van der Waals surface area (Å²) in [5.74, 6) is 0.764. The monoisotopic (exact) mass is 260 g/mol. The molecule has 1 aliphatic heterocycles. The summed E-state index contributed by atoms with van der Waals surface area (Å²) in [4.78, 5) is 5.19. The van der Waals surface area contributed by atoms with Crippen LogP contribution in [0.1, 0.15) is 46.0 Å². The lowest BCUT2D eigenvalue weighted by Gasteiger charge is -2.30. The van der Waals surface area contributed by atoms with Gasteiger partial charge >= 0.3 is 0 Å². The van der Waals surface area contributed by atoms with E-state index in [1.54, 1.807) is 0 Å². The molecule has 1 saturated heterocycles. The maximum absolute atomic E-state index is 5.91. The van der Waals surface area contributed by atoms with Crippen molar-refractivity contribution in [1.29, 1.82) is 0 Å². The zero-order valence-corrected chi connectivity index (χ0v) is 12.4. The third kappa shape index (κ3) is 5.58. The van der Waals surface area contributed by atoms with Crippen LogP contribution in [0.2, 0.25) is 0 Å². The van der Waals surface area contributed by atoms with Crippen LogP contribution in [-0.4, -0.2) is 54.4 Å². The molecule has 0 aromatic rings. The van der Waals surface area contributed by atoms with Gasteiger partial charge in [-0.2, -0.15) is 0 Å². The highest BCUT2D eigenvalue weighted by Gasteiger charge is 2.15. The van der Waals surface area contributed by atoms with Gasteiger partial charge in [-0.25, -0.2) is 0 Å². The molecule has 0 N–H and O–H groups in total. The van der Waals surface area contributed by atoms with E-state index in [1.807, 2.05) is 0 Å². The predicted molar refractivity (Wildman–Crippen MR) is 77.0 cm³/mol. The van der Waals surface area contributed by atoms with Gasteiger partial charge in [0.15, 0.2) is 0 Å². The largest absolute Gasteiger partial charge is 0.303 e. The van der Waals surface area contributed by atoms with Crippen LogP contribution in [-0.2, 0) is 0 Å². The second-order valence-electron chi connectivity index (χ2n) is 5.10. The number of likely N-dealkylation sites (tertiary alicyclic amines) is 1. The molecule has 1 heterocycles. The zero-order chi connectivity index (χ0) is 12.5. The molecular formula is C14H29ClN2. The Bertz CT molecular complexity index is 177. The first kappa shape index (κ1) is 15.3. The minimum absolute atomic E-state index is 0.729. The highest BCUT2D eigenvalue weighted by molar-refractivity contribution is 6.18. The fourth-order valence-corrected chi connectivity index (χ4v) is 3.11. The summed E-state index contributed by atoms with van der Waals surface area (Å²) in [6.07, 6.45) is 6.59. The average Bonchev–Trinajstić information content (AvgIpc) is 2.83. The van der Waals surface area contributed by atoms with Crippen molar-refractivity contribution in [2.75, 3.05) is 38.6 Å². The SMILES string of the molecule is CCC(CC)N(CCCl)CCCN1CCCC1. The Morgan fingerprint density at radius 3 is 2.29 bits per heavy atom. The van der Waals surface area contributed by atoms with E-state index in [9.17, 15) is 0 Å². The van der Waals surface area contributed by atoms with Gasteiger partial charge in [0.1, 0.15) is 0 Å². The van der Waals surface area contributed by atoms with Crippen molar-refractivity contribution >= 4 is 11.6 Å². The third-order valence-corrected chi connectivity index (χ3v) is 4.12. The Labute approximate surface area is 112 Å². The minimum atomic E-state index is 0.729. The number of nitrogens with zero attached hydrogens (tertiary/aromatic N) is 2. The van der Waals surface area contributed by atoms with Crippen LogP contribution < -0.4 is 0 Å². The third-order valence-electron chi connectivity index (χ3n) is 3.95. The summed E-state index contributed by atoms with van der Waals surface area (Å²) in [5, 5.41) is 0. The summed E-state index contributed by atoms with van der Waals surface area (Å²) in [6.45, 7) is 10.8. The number of hydrogen-bond acceptors (Lipinski definition) is 2. The molecule has 0 aliphatic carbocycles. The molecule has 0 bridgehead atoms. The lowest BCUT2D eigenvalue weighted by atomic mass is 10.1. The maximum atomic E-state index is 5.91. The van der Waals surface area contributed by atoms with Crippen molar-refractivity contribution in [2.24, 2.45) is 0 Å². The van der Waals surface area contributed by atoms with Crippen molar-refractivity contribution < 1.29 is 0 Å². The zero-order valence-electron chi connectivity index (χ0n) is 11.6. The van der Waals surface area contributed by atoms with E-state index < -0.39 is 0 Å². The quantitative estimate of drug-likeness (QED) is 0.588. The Morgan fingerprint density at radius 2 is 1.76 bits per heavy atom. The van der Waals surface area contributed by atoms with Crippen LogP contribution >= 0.6 is 11.6 Å². The molecule has 0 aromatic heterocycles. The summed E-state index contributed by atoms with van der Waals surface area (Å²) < 4.78 is 0. The predicted octanol–water partition coefficient (Wildman–Crippen LogP) is 3.20. The number of halogens is 1. The van der Waals surface area contributed by atoms with Gasteiger partial charge < -0.3 is 4.90 Å². The fraction of sp³-hybridized carbons (Fsp3) is 1.00. The first-order valence-corrected chi connectivity index (χ1v) is 7.87. The van der Waals surface area contributed by atoms with Crippen molar-refractivity contribution in [3.05, 3.63) is 0 Å². The molecule has 1 fully saturated rings. The van der Waals surface area contributed by atoms with Gasteiger partial charge in [-0.05, 0) is 58.3 Å². The van der Waals surface area contributed by atoms with Crippen LogP contribution in [0.4, 0.5) is 0 Å². The Balaban J connectivity index is 2.22. The minimum Gasteiger partial charge on any atom is -0.303 e. The second kappa shape index (κ2) is 9.18. The van der Waals surface area contributed by atoms with Crippen molar-refractivity contribution in [1.82, 2.24) is 9.80 Å². The van der Waals surface area contributed by atoms with E-state index in [1.165, 1.54) is 58.3 Å². The Kier molecular flexibility index (Phi) is 8.25. The molecule has 0 unspecified atom stereocenters. The van der Waals surface area contributed by atoms with Crippen molar-refractivity contribution in [3.63, 3.8) is 0 Å². The van der Waals surface area contributed by atoms with Gasteiger partial charge in [-0.1, -0.05) is 13.8 Å². The number of rotatable bonds is 9. The molecule has 0 amide bonds. The van der Waals surface area contributed by atoms with Gasteiger partial charge in [-0.15, -0.1) is 11.6 Å². The molecule has 2 nitrogen and oxygen atoms in total. The molecule has 1 rings (SSSR count). The molecule has 0 saturated carbocycles. The van der Waals surface area contributed by atoms with E-state index in [0.717, 1.165) is 18.5 Å². The van der Waals surface area contributed by atoms with Gasteiger partial charge in [0.25, 0.3) is 0 Å². The molecule has 0 aromatic carbocycles. The summed E-state index contributed by atoms with van der Waals surface area (Å²) in [5.41, 5.74) is 0. The molecule has 3 heteroatoms. The lowest BCUT2D eigenvalue weighted by Crippen LogP contribution is -2.38. The van der Waals surface area contributed by atoms with E-state index in [4.69, 9.17) is 11.6 Å². The second-order valence-corrected chi connectivity index (χ2v) is 5.48. The molecule has 1 aliphatic rings. The smallest absolute Gasteiger partial charge is 0.0351 e. The molecule has 0 atom stereocenters. The summed E-state index contributed by atoms with van der Waals surface area (Å²) in [6, 6.07) is 0.729. The first-order chi connectivity index (χ1) is 8.31. The fourth-order valence-electron chi connectivity index (χ4n) is 2.89. The van der Waals surface area contributed by atoms with Gasteiger partial charge in [0, 0.05) is 18.5 Å². The van der Waals surface area contributed by atoms with Gasteiger partial charge in [0.05, 0.1) is 0 Å². The van der Waals surface area contributed by atoms with Gasteiger partial charge in [0.2, 0.25) is 0 Å². The molecule has 0 spiro atoms.